The molecule has 0 saturated heterocycles. The number of aliphatic hydroxyl groups is 1. The number of aromatic amines is 1. The minimum absolute atomic E-state index is 0.111. The Kier molecular flexibility index (Phi) is 2.91. The second-order valence-electron chi connectivity index (χ2n) is 5.23. The summed E-state index contributed by atoms with van der Waals surface area (Å²) in [5.41, 5.74) is 3.97. The molecule has 0 amide bonds. The van der Waals surface area contributed by atoms with Crippen molar-refractivity contribution in [2.75, 3.05) is 0 Å². The summed E-state index contributed by atoms with van der Waals surface area (Å²) in [5.74, 6) is -0.333. The molecule has 2 heterocycles. The van der Waals surface area contributed by atoms with Gasteiger partial charge in [0.15, 0.2) is 0 Å². The predicted octanol–water partition coefficient (Wildman–Crippen LogP) is 4.01. The lowest BCUT2D eigenvalue weighted by Gasteiger charge is -2.07. The van der Waals surface area contributed by atoms with E-state index in [4.69, 9.17) is 0 Å². The van der Waals surface area contributed by atoms with Gasteiger partial charge in [-0.15, -0.1) is 0 Å². The van der Waals surface area contributed by atoms with Gasteiger partial charge >= 0.3 is 0 Å². The Morgan fingerprint density at radius 1 is 1.05 bits per heavy atom. The maximum atomic E-state index is 13.5. The van der Waals surface area contributed by atoms with Crippen LogP contribution < -0.4 is 0 Å². The van der Waals surface area contributed by atoms with Gasteiger partial charge in [0.05, 0.1) is 17.8 Å². The maximum absolute atomic E-state index is 13.5. The fraction of sp³-hybridized carbons (Fsp3) is 0.0556. The highest BCUT2D eigenvalue weighted by Crippen LogP contribution is 2.30. The van der Waals surface area contributed by atoms with Gasteiger partial charge in [-0.05, 0) is 29.8 Å². The Morgan fingerprint density at radius 3 is 2.77 bits per heavy atom. The monoisotopic (exact) mass is 292 g/mol. The predicted molar refractivity (Wildman–Crippen MR) is 84.9 cm³/mol. The van der Waals surface area contributed by atoms with Crippen LogP contribution in [0.4, 0.5) is 4.39 Å². The van der Waals surface area contributed by atoms with Crippen molar-refractivity contribution in [1.82, 2.24) is 9.97 Å². The van der Waals surface area contributed by atoms with Crippen LogP contribution in [0.15, 0.2) is 54.7 Å². The smallest absolute Gasteiger partial charge is 0.125 e. The van der Waals surface area contributed by atoms with Crippen molar-refractivity contribution in [3.8, 4) is 11.3 Å². The van der Waals surface area contributed by atoms with Crippen LogP contribution in [0, 0.1) is 5.82 Å². The van der Waals surface area contributed by atoms with E-state index in [1.54, 1.807) is 6.07 Å². The molecule has 2 N–H and O–H groups in total. The van der Waals surface area contributed by atoms with Gasteiger partial charge < -0.3 is 10.1 Å². The van der Waals surface area contributed by atoms with E-state index in [1.165, 1.54) is 12.1 Å². The Hall–Kier alpha value is -2.72. The molecule has 22 heavy (non-hydrogen) atoms. The molecule has 4 rings (SSSR count). The lowest BCUT2D eigenvalue weighted by Crippen LogP contribution is -1.93. The Labute approximate surface area is 126 Å². The van der Waals surface area contributed by atoms with Gasteiger partial charge in [0.1, 0.15) is 5.82 Å². The highest BCUT2D eigenvalue weighted by Gasteiger charge is 2.11. The molecule has 0 radical (unpaired) electrons. The molecule has 0 atom stereocenters. The van der Waals surface area contributed by atoms with Crippen LogP contribution in [-0.2, 0) is 6.61 Å². The zero-order valence-electron chi connectivity index (χ0n) is 11.7. The minimum Gasteiger partial charge on any atom is -0.392 e. The molecule has 0 aliphatic rings. The molecule has 2 aromatic heterocycles. The molecule has 0 bridgehead atoms. The van der Waals surface area contributed by atoms with Crippen LogP contribution in [-0.4, -0.2) is 15.1 Å². The molecule has 0 fully saturated rings. The summed E-state index contributed by atoms with van der Waals surface area (Å²) in [6.07, 6.45) is 1.89. The normalized spacial score (nSPS) is 11.4. The van der Waals surface area contributed by atoms with Crippen molar-refractivity contribution in [3.05, 3.63) is 66.1 Å². The van der Waals surface area contributed by atoms with Crippen molar-refractivity contribution in [2.45, 2.75) is 6.61 Å². The van der Waals surface area contributed by atoms with Gasteiger partial charge in [0.2, 0.25) is 0 Å². The van der Waals surface area contributed by atoms with E-state index in [9.17, 15) is 9.50 Å². The summed E-state index contributed by atoms with van der Waals surface area (Å²) >= 11 is 0. The van der Waals surface area contributed by atoms with Crippen LogP contribution in [0.25, 0.3) is 33.1 Å². The number of hydrogen-bond donors (Lipinski definition) is 2. The number of rotatable bonds is 2. The number of halogens is 1. The van der Waals surface area contributed by atoms with Crippen molar-refractivity contribution in [3.63, 3.8) is 0 Å². The third-order valence-electron chi connectivity index (χ3n) is 3.89. The first kappa shape index (κ1) is 13.0. The first-order valence-electron chi connectivity index (χ1n) is 7.03. The maximum Gasteiger partial charge on any atom is 0.125 e. The number of nitrogens with zero attached hydrogens (tertiary/aromatic N) is 1. The number of para-hydroxylation sites is 1. The quantitative estimate of drug-likeness (QED) is 0.586. The van der Waals surface area contributed by atoms with Gasteiger partial charge in [0.25, 0.3) is 0 Å². The van der Waals surface area contributed by atoms with Crippen LogP contribution in [0.5, 0.6) is 0 Å². The Balaban J connectivity index is 2.02. The fourth-order valence-corrected chi connectivity index (χ4v) is 2.83. The zero-order chi connectivity index (χ0) is 15.1. The summed E-state index contributed by atoms with van der Waals surface area (Å²) in [7, 11) is 0. The van der Waals surface area contributed by atoms with Crippen LogP contribution in [0.2, 0.25) is 0 Å². The third kappa shape index (κ3) is 1.96. The molecule has 0 spiro atoms. The minimum atomic E-state index is -0.333. The number of hydrogen-bond acceptors (Lipinski definition) is 2. The average Bonchev–Trinajstić information content (AvgIpc) is 2.97. The number of nitrogens with one attached hydrogen (secondary N) is 1. The first-order valence-corrected chi connectivity index (χ1v) is 7.03. The molecule has 0 aliphatic carbocycles. The number of benzene rings is 2. The molecule has 4 heteroatoms. The molecular formula is C18H13FN2O. The Morgan fingerprint density at radius 2 is 1.91 bits per heavy atom. The largest absolute Gasteiger partial charge is 0.392 e. The van der Waals surface area contributed by atoms with Crippen molar-refractivity contribution < 1.29 is 9.50 Å². The van der Waals surface area contributed by atoms with E-state index in [2.05, 4.69) is 9.97 Å². The van der Waals surface area contributed by atoms with Crippen LogP contribution >= 0.6 is 0 Å². The number of fused-ring (bicyclic) bond motifs is 2. The topological polar surface area (TPSA) is 48.9 Å². The highest BCUT2D eigenvalue weighted by atomic mass is 19.1. The van der Waals surface area contributed by atoms with E-state index in [-0.39, 0.29) is 12.4 Å². The van der Waals surface area contributed by atoms with Crippen molar-refractivity contribution >= 4 is 21.8 Å². The molecule has 3 nitrogen and oxygen atoms in total. The van der Waals surface area contributed by atoms with Crippen molar-refractivity contribution in [1.29, 1.82) is 0 Å². The summed E-state index contributed by atoms with van der Waals surface area (Å²) in [5, 5.41) is 11.4. The molecule has 0 saturated carbocycles. The van der Waals surface area contributed by atoms with Gasteiger partial charge in [-0.3, -0.25) is 0 Å². The van der Waals surface area contributed by atoms with Gasteiger partial charge in [0, 0.05) is 34.1 Å². The highest BCUT2D eigenvalue weighted by molar-refractivity contribution is 5.96. The van der Waals surface area contributed by atoms with Crippen LogP contribution in [0.1, 0.15) is 5.56 Å². The lowest BCUT2D eigenvalue weighted by molar-refractivity contribution is 0.283. The summed E-state index contributed by atoms with van der Waals surface area (Å²) in [6, 6.07) is 14.2. The van der Waals surface area contributed by atoms with Gasteiger partial charge in [-0.1, -0.05) is 18.2 Å². The molecule has 0 aliphatic heterocycles. The zero-order valence-corrected chi connectivity index (χ0v) is 11.7. The Bertz CT molecular complexity index is 991. The molecule has 4 aromatic rings. The van der Waals surface area contributed by atoms with Crippen molar-refractivity contribution in [2.24, 2.45) is 0 Å². The summed E-state index contributed by atoms with van der Waals surface area (Å²) in [6.45, 7) is -0.111. The lowest BCUT2D eigenvalue weighted by atomic mass is 10.0. The second-order valence-corrected chi connectivity index (χ2v) is 5.23. The molecular weight excluding hydrogens is 279 g/mol. The standard InChI is InChI=1S/C18H13FN2O/c19-12-5-6-13-11(10-22)7-17(21-18(13)8-12)15-9-20-16-4-2-1-3-14(15)16/h1-9,20,22H,10H2. The van der Waals surface area contributed by atoms with Gasteiger partial charge in [-0.2, -0.15) is 0 Å². The van der Waals surface area contributed by atoms with Gasteiger partial charge in [-0.25, -0.2) is 9.37 Å². The van der Waals surface area contributed by atoms with E-state index >= 15 is 0 Å². The average molecular weight is 292 g/mol. The number of aromatic nitrogens is 2. The van der Waals surface area contributed by atoms with E-state index in [0.717, 1.165) is 33.1 Å². The fourth-order valence-electron chi connectivity index (χ4n) is 2.83. The summed E-state index contributed by atoms with van der Waals surface area (Å²) in [4.78, 5) is 7.77. The number of H-pyrrole nitrogens is 1. The number of pyridine rings is 1. The third-order valence-corrected chi connectivity index (χ3v) is 3.89. The summed E-state index contributed by atoms with van der Waals surface area (Å²) < 4.78 is 13.5. The van der Waals surface area contributed by atoms with Crippen LogP contribution in [0.3, 0.4) is 0 Å². The van der Waals surface area contributed by atoms with E-state index in [0.29, 0.717) is 5.52 Å². The second kappa shape index (κ2) is 4.93. The SMILES string of the molecule is OCc1cc(-c2c[nH]c3ccccc23)nc2cc(F)ccc12. The number of aliphatic hydroxyl groups excluding tert-OH is 1. The molecule has 0 unspecified atom stereocenters. The molecule has 2 aromatic carbocycles. The van der Waals surface area contributed by atoms with E-state index in [1.807, 2.05) is 36.5 Å². The molecule has 108 valence electrons. The first-order chi connectivity index (χ1) is 10.8. The van der Waals surface area contributed by atoms with E-state index < -0.39 is 0 Å².